The van der Waals surface area contributed by atoms with Gasteiger partial charge in [0, 0.05) is 12.6 Å². The summed E-state index contributed by atoms with van der Waals surface area (Å²) in [4.78, 5) is 24.7. The monoisotopic (exact) mass is 270 g/mol. The smallest absolute Gasteiger partial charge is 0.307 e. The van der Waals surface area contributed by atoms with Crippen molar-refractivity contribution in [3.05, 3.63) is 0 Å². The summed E-state index contributed by atoms with van der Waals surface area (Å²) in [7, 11) is 0. The zero-order valence-corrected chi connectivity index (χ0v) is 12.0. The molecule has 1 aliphatic carbocycles. The van der Waals surface area contributed by atoms with Gasteiger partial charge in [-0.15, -0.1) is 0 Å². The van der Waals surface area contributed by atoms with Gasteiger partial charge in [0.05, 0.1) is 12.5 Å². The summed E-state index contributed by atoms with van der Waals surface area (Å²) in [6, 6.07) is 0.327. The minimum atomic E-state index is -0.808. The van der Waals surface area contributed by atoms with Crippen LogP contribution in [-0.2, 0) is 9.59 Å². The standard InChI is InChI=1S/C14H26N2O3/c1-3-8-16(9-11(2)14(18)19)10-13(17)15-12-6-4-5-7-12/h11-12H,3-10H2,1-2H3,(H,15,17)(H,18,19). The molecule has 110 valence electrons. The molecule has 0 aromatic rings. The van der Waals surface area contributed by atoms with Gasteiger partial charge < -0.3 is 10.4 Å². The van der Waals surface area contributed by atoms with Gasteiger partial charge in [-0.1, -0.05) is 26.7 Å². The van der Waals surface area contributed by atoms with Crippen LogP contribution in [-0.4, -0.2) is 47.6 Å². The molecule has 1 rings (SSSR count). The summed E-state index contributed by atoms with van der Waals surface area (Å²) >= 11 is 0. The summed E-state index contributed by atoms with van der Waals surface area (Å²) in [6.07, 6.45) is 5.46. The van der Waals surface area contributed by atoms with E-state index in [2.05, 4.69) is 5.32 Å². The number of carbonyl (C=O) groups is 2. The Morgan fingerprint density at radius 3 is 2.53 bits per heavy atom. The first-order chi connectivity index (χ1) is 9.02. The van der Waals surface area contributed by atoms with E-state index in [1.165, 1.54) is 12.8 Å². The molecule has 0 aromatic carbocycles. The van der Waals surface area contributed by atoms with Gasteiger partial charge >= 0.3 is 5.97 Å². The van der Waals surface area contributed by atoms with Crippen molar-refractivity contribution in [3.63, 3.8) is 0 Å². The van der Waals surface area contributed by atoms with Crippen LogP contribution in [0.4, 0.5) is 0 Å². The molecule has 0 aliphatic heterocycles. The molecule has 1 atom stereocenters. The maximum absolute atomic E-state index is 11.9. The Morgan fingerprint density at radius 1 is 1.37 bits per heavy atom. The van der Waals surface area contributed by atoms with E-state index in [0.717, 1.165) is 25.8 Å². The van der Waals surface area contributed by atoms with E-state index < -0.39 is 11.9 Å². The van der Waals surface area contributed by atoms with Gasteiger partial charge in [-0.3, -0.25) is 14.5 Å². The van der Waals surface area contributed by atoms with Crippen LogP contribution in [0.3, 0.4) is 0 Å². The lowest BCUT2D eigenvalue weighted by Gasteiger charge is -2.24. The van der Waals surface area contributed by atoms with Crippen molar-refractivity contribution in [2.45, 2.75) is 52.0 Å². The van der Waals surface area contributed by atoms with Crippen LogP contribution >= 0.6 is 0 Å². The highest BCUT2D eigenvalue weighted by Gasteiger charge is 2.21. The van der Waals surface area contributed by atoms with Crippen LogP contribution in [0, 0.1) is 5.92 Å². The highest BCUT2D eigenvalue weighted by atomic mass is 16.4. The molecule has 0 bridgehead atoms. The van der Waals surface area contributed by atoms with Crippen LogP contribution in [0.1, 0.15) is 46.0 Å². The van der Waals surface area contributed by atoms with Crippen molar-refractivity contribution in [2.24, 2.45) is 5.92 Å². The fourth-order valence-corrected chi connectivity index (χ4v) is 2.56. The minimum absolute atomic E-state index is 0.0259. The summed E-state index contributed by atoms with van der Waals surface area (Å²) in [6.45, 7) is 5.21. The molecule has 19 heavy (non-hydrogen) atoms. The number of amides is 1. The van der Waals surface area contributed by atoms with Crippen LogP contribution < -0.4 is 5.32 Å². The molecule has 0 spiro atoms. The third-order valence-electron chi connectivity index (χ3n) is 3.58. The van der Waals surface area contributed by atoms with Crippen molar-refractivity contribution in [2.75, 3.05) is 19.6 Å². The normalized spacial score (nSPS) is 17.6. The maximum atomic E-state index is 11.9. The number of nitrogens with one attached hydrogen (secondary N) is 1. The average molecular weight is 270 g/mol. The largest absolute Gasteiger partial charge is 0.481 e. The molecule has 0 aromatic heterocycles. The third kappa shape index (κ3) is 6.05. The SMILES string of the molecule is CCCN(CC(=O)NC1CCCC1)CC(C)C(=O)O. The molecule has 1 fully saturated rings. The van der Waals surface area contributed by atoms with Gasteiger partial charge in [0.1, 0.15) is 0 Å². The average Bonchev–Trinajstić information content (AvgIpc) is 2.81. The molecular weight excluding hydrogens is 244 g/mol. The van der Waals surface area contributed by atoms with Gasteiger partial charge in [-0.05, 0) is 25.8 Å². The zero-order valence-electron chi connectivity index (χ0n) is 12.0. The Balaban J connectivity index is 2.38. The third-order valence-corrected chi connectivity index (χ3v) is 3.58. The highest BCUT2D eigenvalue weighted by molar-refractivity contribution is 5.78. The number of aliphatic carboxylic acids is 1. The quantitative estimate of drug-likeness (QED) is 0.701. The molecule has 0 radical (unpaired) electrons. The summed E-state index contributed by atoms with van der Waals surface area (Å²) in [5, 5.41) is 12.0. The van der Waals surface area contributed by atoms with Crippen molar-refractivity contribution in [1.82, 2.24) is 10.2 Å². The number of rotatable bonds is 8. The summed E-state index contributed by atoms with van der Waals surface area (Å²) in [5.74, 6) is -1.22. The molecule has 1 saturated carbocycles. The second kappa shape index (κ2) is 8.15. The number of nitrogens with zero attached hydrogens (tertiary/aromatic N) is 1. The second-order valence-corrected chi connectivity index (χ2v) is 5.52. The molecule has 5 nitrogen and oxygen atoms in total. The number of hydrogen-bond acceptors (Lipinski definition) is 3. The molecule has 0 heterocycles. The van der Waals surface area contributed by atoms with E-state index in [1.54, 1.807) is 6.92 Å². The lowest BCUT2D eigenvalue weighted by Crippen LogP contribution is -2.43. The first kappa shape index (κ1) is 16.0. The first-order valence-electron chi connectivity index (χ1n) is 7.27. The predicted molar refractivity (Wildman–Crippen MR) is 73.9 cm³/mol. The maximum Gasteiger partial charge on any atom is 0.307 e. The molecule has 0 saturated heterocycles. The summed E-state index contributed by atoms with van der Waals surface area (Å²) < 4.78 is 0. The first-order valence-corrected chi connectivity index (χ1v) is 7.27. The van der Waals surface area contributed by atoms with E-state index in [0.29, 0.717) is 19.1 Å². The number of carboxylic acids is 1. The summed E-state index contributed by atoms with van der Waals surface area (Å²) in [5.41, 5.74) is 0. The number of carbonyl (C=O) groups excluding carboxylic acids is 1. The Kier molecular flexibility index (Phi) is 6.84. The number of carboxylic acid groups (broad SMARTS) is 1. The van der Waals surface area contributed by atoms with Crippen molar-refractivity contribution in [3.8, 4) is 0 Å². The van der Waals surface area contributed by atoms with Gasteiger partial charge in [-0.2, -0.15) is 0 Å². The lowest BCUT2D eigenvalue weighted by atomic mass is 10.1. The molecular formula is C14H26N2O3. The zero-order chi connectivity index (χ0) is 14.3. The van der Waals surface area contributed by atoms with E-state index in [-0.39, 0.29) is 5.91 Å². The van der Waals surface area contributed by atoms with Crippen LogP contribution in [0.15, 0.2) is 0 Å². The Morgan fingerprint density at radius 2 is 2.00 bits per heavy atom. The van der Waals surface area contributed by atoms with E-state index in [1.807, 2.05) is 11.8 Å². The number of hydrogen-bond donors (Lipinski definition) is 2. The Bertz CT molecular complexity index is 301. The predicted octanol–water partition coefficient (Wildman–Crippen LogP) is 1.48. The molecule has 5 heteroatoms. The van der Waals surface area contributed by atoms with Crippen molar-refractivity contribution in [1.29, 1.82) is 0 Å². The van der Waals surface area contributed by atoms with Gasteiger partial charge in [0.15, 0.2) is 0 Å². The molecule has 2 N–H and O–H groups in total. The molecule has 1 unspecified atom stereocenters. The van der Waals surface area contributed by atoms with E-state index >= 15 is 0 Å². The minimum Gasteiger partial charge on any atom is -0.481 e. The Labute approximate surface area is 115 Å². The van der Waals surface area contributed by atoms with Gasteiger partial charge in [0.2, 0.25) is 5.91 Å². The van der Waals surface area contributed by atoms with Gasteiger partial charge in [0.25, 0.3) is 0 Å². The van der Waals surface area contributed by atoms with E-state index in [9.17, 15) is 9.59 Å². The molecule has 1 aliphatic rings. The highest BCUT2D eigenvalue weighted by Crippen LogP contribution is 2.17. The topological polar surface area (TPSA) is 69.6 Å². The molecule has 1 amide bonds. The fourth-order valence-electron chi connectivity index (χ4n) is 2.56. The van der Waals surface area contributed by atoms with Crippen LogP contribution in [0.2, 0.25) is 0 Å². The van der Waals surface area contributed by atoms with E-state index in [4.69, 9.17) is 5.11 Å². The van der Waals surface area contributed by atoms with Gasteiger partial charge in [-0.25, -0.2) is 0 Å². The van der Waals surface area contributed by atoms with Crippen LogP contribution in [0.25, 0.3) is 0 Å². The van der Waals surface area contributed by atoms with Crippen molar-refractivity contribution >= 4 is 11.9 Å². The Hall–Kier alpha value is -1.10. The fraction of sp³-hybridized carbons (Fsp3) is 0.857. The van der Waals surface area contributed by atoms with Crippen LogP contribution in [0.5, 0.6) is 0 Å². The van der Waals surface area contributed by atoms with Crippen molar-refractivity contribution < 1.29 is 14.7 Å². The lowest BCUT2D eigenvalue weighted by molar-refractivity contribution is -0.142. The second-order valence-electron chi connectivity index (χ2n) is 5.52.